The number of ether oxygens (including phenoxy) is 1. The third-order valence-electron chi connectivity index (χ3n) is 3.62. The topological polar surface area (TPSA) is 94.3 Å². The van der Waals surface area contributed by atoms with Crippen molar-refractivity contribution in [3.63, 3.8) is 0 Å². The zero-order chi connectivity index (χ0) is 17.9. The third-order valence-corrected chi connectivity index (χ3v) is 4.52. The van der Waals surface area contributed by atoms with E-state index in [4.69, 9.17) is 10.5 Å². The number of hydrogen-bond donors (Lipinski definition) is 2. The number of esters is 1. The molecule has 0 unspecified atom stereocenters. The maximum Gasteiger partial charge on any atom is 0.351 e. The summed E-state index contributed by atoms with van der Waals surface area (Å²) in [6.07, 6.45) is -0.356. The monoisotopic (exact) mass is 347 g/mol. The van der Waals surface area contributed by atoms with Crippen LogP contribution in [0.15, 0.2) is 18.2 Å². The van der Waals surface area contributed by atoms with E-state index < -0.39 is 12.1 Å². The van der Waals surface area contributed by atoms with Crippen LogP contribution in [0.3, 0.4) is 0 Å². The largest absolute Gasteiger partial charge is 0.448 e. The molecule has 0 radical (unpaired) electrons. The molecule has 0 aliphatic rings. The van der Waals surface area contributed by atoms with E-state index in [1.807, 2.05) is 39.0 Å². The molecule has 1 aromatic carbocycles. The SMILES string of the molecule is CCc1nc(N)sc1C(=O)O[C@@H](C)C(=O)Nc1c(C)cccc1C. The quantitative estimate of drug-likeness (QED) is 0.811. The molecule has 0 bridgehead atoms. The minimum absolute atomic E-state index is 0.312. The molecule has 0 fully saturated rings. The van der Waals surface area contributed by atoms with Crippen molar-refractivity contribution >= 4 is 34.0 Å². The van der Waals surface area contributed by atoms with Crippen molar-refractivity contribution in [1.82, 2.24) is 4.98 Å². The summed E-state index contributed by atoms with van der Waals surface area (Å²) in [6.45, 7) is 7.24. The van der Waals surface area contributed by atoms with Crippen LogP contribution in [0.25, 0.3) is 0 Å². The van der Waals surface area contributed by atoms with Gasteiger partial charge in [0, 0.05) is 5.69 Å². The number of aryl methyl sites for hydroxylation is 3. The highest BCUT2D eigenvalue weighted by atomic mass is 32.1. The molecule has 128 valence electrons. The van der Waals surface area contributed by atoms with Gasteiger partial charge in [-0.15, -0.1) is 0 Å². The van der Waals surface area contributed by atoms with Gasteiger partial charge in [-0.3, -0.25) is 4.79 Å². The van der Waals surface area contributed by atoms with E-state index in [0.717, 1.165) is 28.2 Å². The molecule has 1 heterocycles. The molecule has 24 heavy (non-hydrogen) atoms. The van der Waals surface area contributed by atoms with Crippen LogP contribution in [-0.4, -0.2) is 23.0 Å². The molecule has 3 N–H and O–H groups in total. The molecule has 0 saturated carbocycles. The Kier molecular flexibility index (Phi) is 5.56. The molecule has 2 aromatic rings. The molecule has 6 nitrogen and oxygen atoms in total. The molecule has 7 heteroatoms. The van der Waals surface area contributed by atoms with Crippen molar-refractivity contribution in [2.24, 2.45) is 0 Å². The van der Waals surface area contributed by atoms with Crippen molar-refractivity contribution < 1.29 is 14.3 Å². The van der Waals surface area contributed by atoms with E-state index in [1.54, 1.807) is 0 Å². The average molecular weight is 347 g/mol. The Bertz CT molecular complexity index is 750. The van der Waals surface area contributed by atoms with E-state index in [2.05, 4.69) is 10.3 Å². The van der Waals surface area contributed by atoms with Crippen LogP contribution in [0.4, 0.5) is 10.8 Å². The predicted octanol–water partition coefficient (Wildman–Crippen LogP) is 3.09. The second-order valence-electron chi connectivity index (χ2n) is 5.49. The highest BCUT2D eigenvalue weighted by Crippen LogP contribution is 2.23. The van der Waals surface area contributed by atoms with Crippen LogP contribution < -0.4 is 11.1 Å². The second kappa shape index (κ2) is 7.44. The van der Waals surface area contributed by atoms with E-state index in [-0.39, 0.29) is 5.91 Å². The molecule has 2 rings (SSSR count). The van der Waals surface area contributed by atoms with Gasteiger partial charge in [-0.1, -0.05) is 36.5 Å². The van der Waals surface area contributed by atoms with Crippen LogP contribution in [0.1, 0.15) is 40.3 Å². The van der Waals surface area contributed by atoms with Crippen LogP contribution in [0.2, 0.25) is 0 Å². The number of thiazole rings is 1. The van der Waals surface area contributed by atoms with Gasteiger partial charge >= 0.3 is 5.97 Å². The summed E-state index contributed by atoms with van der Waals surface area (Å²) >= 11 is 1.07. The summed E-state index contributed by atoms with van der Waals surface area (Å²) < 4.78 is 5.27. The number of nitrogens with zero attached hydrogens (tertiary/aromatic N) is 1. The van der Waals surface area contributed by atoms with Gasteiger partial charge in [-0.05, 0) is 38.3 Å². The van der Waals surface area contributed by atoms with E-state index in [9.17, 15) is 9.59 Å². The molecule has 0 aliphatic carbocycles. The number of para-hydroxylation sites is 1. The van der Waals surface area contributed by atoms with Crippen LogP contribution in [-0.2, 0) is 16.0 Å². The summed E-state index contributed by atoms with van der Waals surface area (Å²) in [6, 6.07) is 5.74. The van der Waals surface area contributed by atoms with Crippen molar-refractivity contribution in [2.45, 2.75) is 40.2 Å². The van der Waals surface area contributed by atoms with Crippen LogP contribution in [0, 0.1) is 13.8 Å². The normalized spacial score (nSPS) is 11.8. The van der Waals surface area contributed by atoms with Gasteiger partial charge in [-0.2, -0.15) is 0 Å². The smallest absolute Gasteiger partial charge is 0.351 e. The summed E-state index contributed by atoms with van der Waals surface area (Å²) in [5, 5.41) is 3.13. The Labute approximate surface area is 145 Å². The number of aromatic nitrogens is 1. The first kappa shape index (κ1) is 17.9. The fourth-order valence-corrected chi connectivity index (χ4v) is 3.08. The summed E-state index contributed by atoms with van der Waals surface area (Å²) in [5.74, 6) is -0.957. The number of amides is 1. The number of nitrogens with two attached hydrogens (primary N) is 1. The van der Waals surface area contributed by atoms with Gasteiger partial charge in [0.05, 0.1) is 5.69 Å². The number of benzene rings is 1. The van der Waals surface area contributed by atoms with Gasteiger partial charge in [0.25, 0.3) is 5.91 Å². The Balaban J connectivity index is 2.07. The highest BCUT2D eigenvalue weighted by Gasteiger charge is 2.23. The van der Waals surface area contributed by atoms with Crippen molar-refractivity contribution in [3.8, 4) is 0 Å². The van der Waals surface area contributed by atoms with Crippen LogP contribution >= 0.6 is 11.3 Å². The Morgan fingerprint density at radius 1 is 1.33 bits per heavy atom. The Morgan fingerprint density at radius 3 is 2.54 bits per heavy atom. The molecule has 0 aliphatic heterocycles. The molecular weight excluding hydrogens is 326 g/mol. The standard InChI is InChI=1S/C17H21N3O3S/c1-5-12-14(24-17(18)19-12)16(22)23-11(4)15(21)20-13-9(2)7-6-8-10(13)3/h6-8,11H,5H2,1-4H3,(H2,18,19)(H,20,21)/t11-/m0/s1. The van der Waals surface area contributed by atoms with Gasteiger partial charge in [0.1, 0.15) is 4.88 Å². The fraction of sp³-hybridized carbons (Fsp3) is 0.353. The van der Waals surface area contributed by atoms with Crippen molar-refractivity contribution in [1.29, 1.82) is 0 Å². The van der Waals surface area contributed by atoms with Crippen molar-refractivity contribution in [2.75, 3.05) is 11.1 Å². The molecular formula is C17H21N3O3S. The first-order chi connectivity index (χ1) is 11.3. The van der Waals surface area contributed by atoms with Gasteiger partial charge in [0.2, 0.25) is 0 Å². The summed E-state index contributed by atoms with van der Waals surface area (Å²) in [4.78, 5) is 29.0. The van der Waals surface area contributed by atoms with Gasteiger partial charge in [-0.25, -0.2) is 9.78 Å². The first-order valence-electron chi connectivity index (χ1n) is 7.66. The minimum atomic E-state index is -0.926. The van der Waals surface area contributed by atoms with E-state index in [1.165, 1.54) is 6.92 Å². The third kappa shape index (κ3) is 3.91. The maximum atomic E-state index is 12.3. The number of nitrogen functional groups attached to an aromatic ring is 1. The number of carbonyl (C=O) groups is 2. The lowest BCUT2D eigenvalue weighted by atomic mass is 10.1. The lowest BCUT2D eigenvalue weighted by Gasteiger charge is -2.16. The van der Waals surface area contributed by atoms with Gasteiger partial charge < -0.3 is 15.8 Å². The van der Waals surface area contributed by atoms with E-state index >= 15 is 0 Å². The zero-order valence-corrected chi connectivity index (χ0v) is 15.0. The number of anilines is 2. The summed E-state index contributed by atoms with van der Waals surface area (Å²) in [7, 11) is 0. The molecule has 1 aromatic heterocycles. The number of hydrogen-bond acceptors (Lipinski definition) is 6. The number of rotatable bonds is 5. The fourth-order valence-electron chi connectivity index (χ4n) is 2.27. The Morgan fingerprint density at radius 2 is 1.96 bits per heavy atom. The average Bonchev–Trinajstić information content (AvgIpc) is 2.92. The first-order valence-corrected chi connectivity index (χ1v) is 8.48. The predicted molar refractivity (Wildman–Crippen MR) is 95.3 cm³/mol. The molecule has 0 spiro atoms. The molecule has 1 amide bonds. The number of nitrogens with one attached hydrogen (secondary N) is 1. The number of carbonyl (C=O) groups excluding carboxylic acids is 2. The zero-order valence-electron chi connectivity index (χ0n) is 14.2. The van der Waals surface area contributed by atoms with Gasteiger partial charge in [0.15, 0.2) is 11.2 Å². The molecule has 1 atom stereocenters. The molecule has 0 saturated heterocycles. The van der Waals surface area contributed by atoms with Crippen LogP contribution in [0.5, 0.6) is 0 Å². The van der Waals surface area contributed by atoms with Crippen molar-refractivity contribution in [3.05, 3.63) is 39.9 Å². The Hall–Kier alpha value is -2.41. The maximum absolute atomic E-state index is 12.3. The summed E-state index contributed by atoms with van der Waals surface area (Å²) in [5.41, 5.74) is 8.86. The minimum Gasteiger partial charge on any atom is -0.448 e. The van der Waals surface area contributed by atoms with E-state index in [0.29, 0.717) is 22.1 Å². The second-order valence-corrected chi connectivity index (χ2v) is 6.52. The lowest BCUT2D eigenvalue weighted by molar-refractivity contribution is -0.123. The lowest BCUT2D eigenvalue weighted by Crippen LogP contribution is -2.30. The highest BCUT2D eigenvalue weighted by molar-refractivity contribution is 7.17.